The lowest BCUT2D eigenvalue weighted by Gasteiger charge is -2.19. The van der Waals surface area contributed by atoms with Crippen LogP contribution in [0.3, 0.4) is 0 Å². The minimum Gasteiger partial charge on any atom is -0.494 e. The van der Waals surface area contributed by atoms with Crippen LogP contribution in [0.5, 0.6) is 5.75 Å². The predicted octanol–water partition coefficient (Wildman–Crippen LogP) is 3.08. The molecule has 2 nitrogen and oxygen atoms in total. The van der Waals surface area contributed by atoms with Gasteiger partial charge in [0.2, 0.25) is 0 Å². The average molecular weight is 279 g/mol. The summed E-state index contributed by atoms with van der Waals surface area (Å²) in [5, 5.41) is 0. The summed E-state index contributed by atoms with van der Waals surface area (Å²) in [6.07, 6.45) is 1.86. The lowest BCUT2D eigenvalue weighted by atomic mass is 9.79. The number of halogens is 4. The number of benzene rings is 1. The predicted molar refractivity (Wildman–Crippen MR) is 66.3 cm³/mol. The van der Waals surface area contributed by atoms with Gasteiger partial charge in [0, 0.05) is 12.7 Å². The molecule has 1 aromatic rings. The zero-order valence-corrected chi connectivity index (χ0v) is 10.7. The van der Waals surface area contributed by atoms with Crippen molar-refractivity contribution in [2.24, 2.45) is 0 Å². The molecule has 0 saturated heterocycles. The number of hydrogen-bond donors (Lipinski definition) is 0. The van der Waals surface area contributed by atoms with E-state index < -0.39 is 24.0 Å². The van der Waals surface area contributed by atoms with E-state index in [1.165, 1.54) is 0 Å². The standard InChI is InChI=1S/C12H16BF4O2/c1-2-3-6-18-7-8-19-12-9-10(14)4-5-11(12)13(15,16)17/h4-5,9H,2-3,6-8H2,1H3/q-1. The van der Waals surface area contributed by atoms with Gasteiger partial charge in [-0.25, -0.2) is 4.39 Å². The molecule has 0 aliphatic heterocycles. The Hall–Kier alpha value is -1.24. The molecular weight excluding hydrogens is 263 g/mol. The van der Waals surface area contributed by atoms with Crippen molar-refractivity contribution in [3.8, 4) is 5.75 Å². The summed E-state index contributed by atoms with van der Waals surface area (Å²) in [5.74, 6) is -1.24. The summed E-state index contributed by atoms with van der Waals surface area (Å²) in [7, 11) is 0. The van der Waals surface area contributed by atoms with E-state index in [4.69, 9.17) is 9.47 Å². The topological polar surface area (TPSA) is 18.5 Å². The normalized spacial score (nSPS) is 11.6. The summed E-state index contributed by atoms with van der Waals surface area (Å²) < 4.78 is 61.1. The Morgan fingerprint density at radius 1 is 1.11 bits per heavy atom. The molecule has 0 spiro atoms. The number of hydrogen-bond acceptors (Lipinski definition) is 2. The SMILES string of the molecule is CCCCOCCOc1cc(F)ccc1[B-](F)(F)F. The molecule has 0 aliphatic rings. The van der Waals surface area contributed by atoms with Crippen molar-refractivity contribution in [1.82, 2.24) is 0 Å². The molecule has 0 fully saturated rings. The summed E-state index contributed by atoms with van der Waals surface area (Å²) >= 11 is 0. The van der Waals surface area contributed by atoms with Crippen LogP contribution in [0.2, 0.25) is 0 Å². The first-order valence-corrected chi connectivity index (χ1v) is 6.15. The Kier molecular flexibility index (Phi) is 6.14. The van der Waals surface area contributed by atoms with E-state index in [2.05, 4.69) is 0 Å². The monoisotopic (exact) mass is 279 g/mol. The molecule has 1 rings (SSSR count). The van der Waals surface area contributed by atoms with Gasteiger partial charge in [-0.3, -0.25) is 0 Å². The summed E-state index contributed by atoms with van der Waals surface area (Å²) in [5.41, 5.74) is -0.921. The van der Waals surface area contributed by atoms with Gasteiger partial charge in [-0.15, -0.1) is 0 Å². The van der Waals surface area contributed by atoms with Gasteiger partial charge < -0.3 is 22.4 Å². The molecule has 0 heterocycles. The first kappa shape index (κ1) is 15.8. The van der Waals surface area contributed by atoms with Gasteiger partial charge in [-0.05, 0) is 12.5 Å². The van der Waals surface area contributed by atoms with Gasteiger partial charge in [0.25, 0.3) is 0 Å². The smallest absolute Gasteiger partial charge is 0.494 e. The molecular formula is C12H16BF4O2-. The van der Waals surface area contributed by atoms with E-state index in [1.54, 1.807) is 0 Å². The van der Waals surface area contributed by atoms with E-state index in [0.29, 0.717) is 12.7 Å². The van der Waals surface area contributed by atoms with Crippen molar-refractivity contribution in [2.75, 3.05) is 19.8 Å². The molecule has 19 heavy (non-hydrogen) atoms. The quantitative estimate of drug-likeness (QED) is 0.413. The second-order valence-electron chi connectivity index (χ2n) is 4.07. The molecule has 0 bridgehead atoms. The zero-order valence-electron chi connectivity index (χ0n) is 10.7. The Labute approximate surface area is 109 Å². The van der Waals surface area contributed by atoms with E-state index in [9.17, 15) is 17.3 Å². The molecule has 0 atom stereocenters. The molecule has 0 amide bonds. The molecule has 0 N–H and O–H groups in total. The highest BCUT2D eigenvalue weighted by Gasteiger charge is 2.29. The van der Waals surface area contributed by atoms with Crippen LogP contribution in [0.15, 0.2) is 18.2 Å². The van der Waals surface area contributed by atoms with Gasteiger partial charge in [-0.2, -0.15) is 0 Å². The number of rotatable bonds is 8. The van der Waals surface area contributed by atoms with E-state index in [-0.39, 0.29) is 13.2 Å². The molecule has 7 heteroatoms. The molecule has 0 radical (unpaired) electrons. The van der Waals surface area contributed by atoms with Gasteiger partial charge in [0.05, 0.1) is 12.4 Å². The van der Waals surface area contributed by atoms with Gasteiger partial charge in [0.1, 0.15) is 12.4 Å². The van der Waals surface area contributed by atoms with Crippen molar-refractivity contribution in [3.05, 3.63) is 24.0 Å². The summed E-state index contributed by atoms with van der Waals surface area (Å²) in [6.45, 7) is -2.53. The Morgan fingerprint density at radius 3 is 2.47 bits per heavy atom. The lowest BCUT2D eigenvalue weighted by Crippen LogP contribution is -2.35. The Balaban J connectivity index is 2.54. The molecule has 108 valence electrons. The van der Waals surface area contributed by atoms with Crippen LogP contribution in [0.1, 0.15) is 19.8 Å². The average Bonchev–Trinajstić information content (AvgIpc) is 2.32. The van der Waals surface area contributed by atoms with E-state index in [1.807, 2.05) is 6.92 Å². The number of ether oxygens (including phenoxy) is 2. The van der Waals surface area contributed by atoms with Crippen molar-refractivity contribution in [2.45, 2.75) is 19.8 Å². The fraction of sp³-hybridized carbons (Fsp3) is 0.500. The van der Waals surface area contributed by atoms with E-state index in [0.717, 1.165) is 25.0 Å². The fourth-order valence-electron chi connectivity index (χ4n) is 1.46. The first-order valence-electron chi connectivity index (χ1n) is 6.15. The van der Waals surface area contributed by atoms with Crippen LogP contribution >= 0.6 is 0 Å². The maximum atomic E-state index is 12.9. The van der Waals surface area contributed by atoms with Crippen LogP contribution in [0, 0.1) is 5.82 Å². The van der Waals surface area contributed by atoms with Crippen LogP contribution in [0.4, 0.5) is 17.3 Å². The van der Waals surface area contributed by atoms with Crippen molar-refractivity contribution in [3.63, 3.8) is 0 Å². The van der Waals surface area contributed by atoms with Gasteiger partial charge in [0.15, 0.2) is 0 Å². The van der Waals surface area contributed by atoms with Crippen molar-refractivity contribution < 1.29 is 26.8 Å². The zero-order chi connectivity index (χ0) is 14.3. The molecule has 1 aromatic carbocycles. The third kappa shape index (κ3) is 5.51. The lowest BCUT2D eigenvalue weighted by molar-refractivity contribution is 0.0982. The summed E-state index contributed by atoms with van der Waals surface area (Å²) in [4.78, 5) is 0. The number of unbranched alkanes of at least 4 members (excludes halogenated alkanes) is 1. The largest absolute Gasteiger partial charge is 0.513 e. The second-order valence-corrected chi connectivity index (χ2v) is 4.07. The van der Waals surface area contributed by atoms with Crippen LogP contribution in [0.25, 0.3) is 0 Å². The second kappa shape index (κ2) is 7.38. The Morgan fingerprint density at radius 2 is 1.84 bits per heavy atom. The molecule has 0 saturated carbocycles. The van der Waals surface area contributed by atoms with E-state index >= 15 is 0 Å². The molecule has 0 unspecified atom stereocenters. The third-order valence-electron chi connectivity index (χ3n) is 2.46. The van der Waals surface area contributed by atoms with Crippen LogP contribution < -0.4 is 10.2 Å². The van der Waals surface area contributed by atoms with Crippen molar-refractivity contribution >= 4 is 12.4 Å². The maximum Gasteiger partial charge on any atom is 0.513 e. The minimum absolute atomic E-state index is 0.0354. The third-order valence-corrected chi connectivity index (χ3v) is 2.46. The van der Waals surface area contributed by atoms with Crippen LogP contribution in [-0.2, 0) is 4.74 Å². The molecule has 0 aliphatic carbocycles. The minimum atomic E-state index is -5.22. The highest BCUT2D eigenvalue weighted by molar-refractivity contribution is 6.74. The highest BCUT2D eigenvalue weighted by atomic mass is 19.4. The highest BCUT2D eigenvalue weighted by Crippen LogP contribution is 2.19. The Bertz CT molecular complexity index is 396. The van der Waals surface area contributed by atoms with Crippen molar-refractivity contribution in [1.29, 1.82) is 0 Å². The fourth-order valence-corrected chi connectivity index (χ4v) is 1.46. The first-order chi connectivity index (χ1) is 8.95. The summed E-state index contributed by atoms with van der Waals surface area (Å²) in [6, 6.07) is 2.22. The van der Waals surface area contributed by atoms with Crippen LogP contribution in [-0.4, -0.2) is 26.8 Å². The van der Waals surface area contributed by atoms with Gasteiger partial charge in [-0.1, -0.05) is 24.9 Å². The molecule has 0 aromatic heterocycles. The maximum absolute atomic E-state index is 12.9. The van der Waals surface area contributed by atoms with Gasteiger partial charge >= 0.3 is 6.98 Å².